The summed E-state index contributed by atoms with van der Waals surface area (Å²) in [6.45, 7) is 4.36. The molecule has 0 atom stereocenters. The number of rotatable bonds is 8. The van der Waals surface area contributed by atoms with Gasteiger partial charge in [0.15, 0.2) is 0 Å². The molecule has 0 saturated carbocycles. The van der Waals surface area contributed by atoms with Crippen molar-refractivity contribution in [1.29, 1.82) is 0 Å². The molecule has 0 fully saturated rings. The lowest BCUT2D eigenvalue weighted by atomic mass is 10.2. The first-order valence-electron chi connectivity index (χ1n) is 9.31. The SMILES string of the molecule is CCN(c1cccc(C)c1)c1ncnc(Nc2cc(OC)ccc2OC)c1[N+](=O)[O-]. The maximum absolute atomic E-state index is 12.0. The Bertz CT molecular complexity index is 1060. The monoisotopic (exact) mass is 409 g/mol. The molecule has 0 radical (unpaired) electrons. The fraction of sp³-hybridized carbons (Fsp3) is 0.238. The molecule has 0 saturated heterocycles. The summed E-state index contributed by atoms with van der Waals surface area (Å²) in [5.41, 5.74) is 2.11. The molecular formula is C21H23N5O4. The summed E-state index contributed by atoms with van der Waals surface area (Å²) in [6, 6.07) is 12.8. The first kappa shape index (κ1) is 20.8. The topological polar surface area (TPSA) is 103 Å². The normalized spacial score (nSPS) is 10.4. The van der Waals surface area contributed by atoms with E-state index in [1.165, 1.54) is 20.5 Å². The van der Waals surface area contributed by atoms with E-state index in [0.29, 0.717) is 23.7 Å². The van der Waals surface area contributed by atoms with Crippen molar-refractivity contribution >= 4 is 28.7 Å². The number of hydrogen-bond donors (Lipinski definition) is 1. The van der Waals surface area contributed by atoms with Crippen LogP contribution in [0.3, 0.4) is 0 Å². The molecule has 0 spiro atoms. The Morgan fingerprint density at radius 2 is 1.93 bits per heavy atom. The van der Waals surface area contributed by atoms with Crippen molar-refractivity contribution in [3.8, 4) is 11.5 Å². The molecule has 0 amide bonds. The molecule has 0 aliphatic rings. The van der Waals surface area contributed by atoms with Gasteiger partial charge in [-0.25, -0.2) is 9.97 Å². The van der Waals surface area contributed by atoms with Gasteiger partial charge in [-0.05, 0) is 43.7 Å². The molecule has 30 heavy (non-hydrogen) atoms. The first-order chi connectivity index (χ1) is 14.5. The molecule has 2 aromatic carbocycles. The Labute approximate surface area is 174 Å². The Kier molecular flexibility index (Phi) is 6.31. The Hall–Kier alpha value is -3.88. The number of aromatic nitrogens is 2. The lowest BCUT2D eigenvalue weighted by Crippen LogP contribution is -2.20. The molecule has 3 aromatic rings. The van der Waals surface area contributed by atoms with Gasteiger partial charge in [-0.1, -0.05) is 12.1 Å². The van der Waals surface area contributed by atoms with Gasteiger partial charge in [-0.3, -0.25) is 10.1 Å². The number of nitrogens with one attached hydrogen (secondary N) is 1. The highest BCUT2D eigenvalue weighted by atomic mass is 16.6. The van der Waals surface area contributed by atoms with Crippen molar-refractivity contribution in [1.82, 2.24) is 9.97 Å². The van der Waals surface area contributed by atoms with Gasteiger partial charge in [0.1, 0.15) is 17.8 Å². The van der Waals surface area contributed by atoms with Gasteiger partial charge < -0.3 is 19.7 Å². The lowest BCUT2D eigenvalue weighted by Gasteiger charge is -2.22. The largest absolute Gasteiger partial charge is 0.497 e. The number of nitrogens with zero attached hydrogens (tertiary/aromatic N) is 4. The summed E-state index contributed by atoms with van der Waals surface area (Å²) >= 11 is 0. The number of anilines is 4. The summed E-state index contributed by atoms with van der Waals surface area (Å²) in [4.78, 5) is 21.7. The Morgan fingerprint density at radius 3 is 2.57 bits per heavy atom. The molecule has 9 nitrogen and oxygen atoms in total. The van der Waals surface area contributed by atoms with Crippen LogP contribution in [0.15, 0.2) is 48.8 Å². The van der Waals surface area contributed by atoms with Gasteiger partial charge in [-0.15, -0.1) is 0 Å². The summed E-state index contributed by atoms with van der Waals surface area (Å²) in [6.07, 6.45) is 1.30. The molecule has 0 unspecified atom stereocenters. The quantitative estimate of drug-likeness (QED) is 0.425. The van der Waals surface area contributed by atoms with Crippen molar-refractivity contribution in [2.45, 2.75) is 13.8 Å². The average molecular weight is 409 g/mol. The summed E-state index contributed by atoms with van der Waals surface area (Å²) in [5, 5.41) is 15.0. The van der Waals surface area contributed by atoms with Crippen LogP contribution in [0.2, 0.25) is 0 Å². The van der Waals surface area contributed by atoms with Crippen LogP contribution in [0.1, 0.15) is 12.5 Å². The van der Waals surface area contributed by atoms with E-state index in [4.69, 9.17) is 9.47 Å². The Morgan fingerprint density at radius 1 is 1.13 bits per heavy atom. The second kappa shape index (κ2) is 9.08. The van der Waals surface area contributed by atoms with Crippen LogP contribution < -0.4 is 19.7 Å². The van der Waals surface area contributed by atoms with E-state index in [9.17, 15) is 10.1 Å². The Balaban J connectivity index is 2.11. The standard InChI is InChI=1S/C21H23N5O4/c1-5-25(15-8-6-7-14(2)11-15)21-19(26(27)28)20(22-13-23-21)24-17-12-16(29-3)9-10-18(17)30-4/h6-13H,5H2,1-4H3,(H,22,23,24). The van der Waals surface area contributed by atoms with Gasteiger partial charge in [0, 0.05) is 18.3 Å². The number of ether oxygens (including phenoxy) is 2. The van der Waals surface area contributed by atoms with Crippen LogP contribution in [0.5, 0.6) is 11.5 Å². The third-order valence-corrected chi connectivity index (χ3v) is 4.53. The maximum Gasteiger partial charge on any atom is 0.354 e. The second-order valence-electron chi connectivity index (χ2n) is 6.43. The molecule has 9 heteroatoms. The zero-order valence-electron chi connectivity index (χ0n) is 17.2. The number of methoxy groups -OCH3 is 2. The number of benzene rings is 2. The minimum atomic E-state index is -0.483. The van der Waals surface area contributed by atoms with Crippen molar-refractivity contribution in [3.05, 3.63) is 64.5 Å². The van der Waals surface area contributed by atoms with Crippen LogP contribution in [0, 0.1) is 17.0 Å². The molecule has 1 heterocycles. The minimum absolute atomic E-state index is 0.0580. The lowest BCUT2D eigenvalue weighted by molar-refractivity contribution is -0.383. The van der Waals surface area contributed by atoms with Crippen LogP contribution >= 0.6 is 0 Å². The van der Waals surface area contributed by atoms with Crippen molar-refractivity contribution in [3.63, 3.8) is 0 Å². The van der Waals surface area contributed by atoms with Crippen LogP contribution in [0.25, 0.3) is 0 Å². The molecular weight excluding hydrogens is 386 g/mol. The van der Waals surface area contributed by atoms with Gasteiger partial charge >= 0.3 is 5.69 Å². The fourth-order valence-electron chi connectivity index (χ4n) is 3.12. The third-order valence-electron chi connectivity index (χ3n) is 4.53. The predicted octanol–water partition coefficient (Wildman–Crippen LogP) is 4.61. The van der Waals surface area contributed by atoms with E-state index in [1.807, 2.05) is 38.1 Å². The molecule has 0 bridgehead atoms. The molecule has 0 aliphatic heterocycles. The highest BCUT2D eigenvalue weighted by Crippen LogP contribution is 2.39. The van der Waals surface area contributed by atoms with E-state index in [2.05, 4.69) is 15.3 Å². The third kappa shape index (κ3) is 4.24. The van der Waals surface area contributed by atoms with Crippen LogP contribution in [0.4, 0.5) is 28.7 Å². The smallest absolute Gasteiger partial charge is 0.354 e. The molecule has 3 rings (SSSR count). The van der Waals surface area contributed by atoms with E-state index >= 15 is 0 Å². The average Bonchev–Trinajstić information content (AvgIpc) is 2.74. The zero-order valence-corrected chi connectivity index (χ0v) is 17.2. The highest BCUT2D eigenvalue weighted by molar-refractivity contribution is 5.79. The van der Waals surface area contributed by atoms with E-state index < -0.39 is 4.92 Å². The minimum Gasteiger partial charge on any atom is -0.497 e. The van der Waals surface area contributed by atoms with Gasteiger partial charge in [0.05, 0.1) is 24.8 Å². The molecule has 1 N–H and O–H groups in total. The molecule has 156 valence electrons. The zero-order chi connectivity index (χ0) is 21.7. The summed E-state index contributed by atoms with van der Waals surface area (Å²) in [7, 11) is 3.06. The number of hydrogen-bond acceptors (Lipinski definition) is 8. The first-order valence-corrected chi connectivity index (χ1v) is 9.31. The summed E-state index contributed by atoms with van der Waals surface area (Å²) < 4.78 is 10.6. The van der Waals surface area contributed by atoms with Crippen LogP contribution in [-0.4, -0.2) is 35.7 Å². The van der Waals surface area contributed by atoms with Crippen molar-refractivity contribution in [2.24, 2.45) is 0 Å². The fourth-order valence-corrected chi connectivity index (χ4v) is 3.12. The molecule has 0 aliphatic carbocycles. The number of nitro groups is 1. The number of aryl methyl sites for hydroxylation is 1. The van der Waals surface area contributed by atoms with Gasteiger partial charge in [-0.2, -0.15) is 0 Å². The van der Waals surface area contributed by atoms with Gasteiger partial charge in [0.25, 0.3) is 0 Å². The highest BCUT2D eigenvalue weighted by Gasteiger charge is 2.28. The maximum atomic E-state index is 12.0. The van der Waals surface area contributed by atoms with E-state index in [1.54, 1.807) is 23.1 Å². The summed E-state index contributed by atoms with van der Waals surface area (Å²) in [5.74, 6) is 1.33. The van der Waals surface area contributed by atoms with Crippen molar-refractivity contribution in [2.75, 3.05) is 31.0 Å². The predicted molar refractivity (Wildman–Crippen MR) is 115 cm³/mol. The van der Waals surface area contributed by atoms with Gasteiger partial charge in [0.2, 0.25) is 11.6 Å². The van der Waals surface area contributed by atoms with Crippen LogP contribution in [-0.2, 0) is 0 Å². The molecule has 1 aromatic heterocycles. The van der Waals surface area contributed by atoms with Crippen molar-refractivity contribution < 1.29 is 14.4 Å². The van der Waals surface area contributed by atoms with E-state index in [-0.39, 0.29) is 17.3 Å². The van der Waals surface area contributed by atoms with E-state index in [0.717, 1.165) is 11.3 Å². The second-order valence-corrected chi connectivity index (χ2v) is 6.43.